The van der Waals surface area contributed by atoms with Gasteiger partial charge in [0.1, 0.15) is 0 Å². The first-order valence-electron chi connectivity index (χ1n) is 5.79. The van der Waals surface area contributed by atoms with Gasteiger partial charge in [0.25, 0.3) is 5.91 Å². The first-order chi connectivity index (χ1) is 7.86. The van der Waals surface area contributed by atoms with Crippen molar-refractivity contribution in [2.75, 3.05) is 13.1 Å². The topological polar surface area (TPSA) is 45.2 Å². The van der Waals surface area contributed by atoms with Gasteiger partial charge < -0.3 is 10.2 Å². The molecule has 4 heteroatoms. The van der Waals surface area contributed by atoms with Crippen molar-refractivity contribution >= 4 is 5.91 Å². The van der Waals surface area contributed by atoms with Crippen molar-refractivity contribution in [1.82, 2.24) is 15.2 Å². The molecule has 84 valence electrons. The fraction of sp³-hybridized carbons (Fsp3) is 0.500. The molecule has 2 aliphatic rings. The Morgan fingerprint density at radius 1 is 1.38 bits per heavy atom. The van der Waals surface area contributed by atoms with E-state index in [1.54, 1.807) is 12.4 Å². The Kier molecular flexibility index (Phi) is 2.36. The zero-order chi connectivity index (χ0) is 11.0. The number of rotatable bonds is 1. The fourth-order valence-corrected chi connectivity index (χ4v) is 2.75. The lowest BCUT2D eigenvalue weighted by molar-refractivity contribution is 0.0619. The molecule has 2 atom stereocenters. The number of nitrogens with zero attached hydrogens (tertiary/aromatic N) is 2. The molecule has 1 N–H and O–H groups in total. The van der Waals surface area contributed by atoms with Crippen molar-refractivity contribution in [3.8, 4) is 0 Å². The van der Waals surface area contributed by atoms with Gasteiger partial charge in [-0.1, -0.05) is 0 Å². The number of fused-ring (bicyclic) bond motifs is 2. The van der Waals surface area contributed by atoms with E-state index in [9.17, 15) is 4.79 Å². The third-order valence-corrected chi connectivity index (χ3v) is 3.52. The molecule has 0 spiro atoms. The molecule has 16 heavy (non-hydrogen) atoms. The van der Waals surface area contributed by atoms with E-state index in [1.165, 1.54) is 0 Å². The minimum Gasteiger partial charge on any atom is -0.330 e. The second kappa shape index (κ2) is 3.87. The smallest absolute Gasteiger partial charge is 0.256 e. The van der Waals surface area contributed by atoms with Gasteiger partial charge in [0.05, 0.1) is 5.56 Å². The molecule has 1 aromatic rings. The monoisotopic (exact) mass is 217 g/mol. The van der Waals surface area contributed by atoms with E-state index in [0.717, 1.165) is 25.9 Å². The third kappa shape index (κ3) is 1.50. The zero-order valence-corrected chi connectivity index (χ0v) is 9.10. The number of carbonyl (C=O) groups excluding carboxylic acids is 1. The second-order valence-electron chi connectivity index (χ2n) is 4.50. The van der Waals surface area contributed by atoms with Gasteiger partial charge in [0.2, 0.25) is 0 Å². The molecule has 2 saturated heterocycles. The predicted octanol–water partition coefficient (Wildman–Crippen LogP) is 0.658. The minimum atomic E-state index is 0.141. The van der Waals surface area contributed by atoms with Gasteiger partial charge >= 0.3 is 0 Å². The van der Waals surface area contributed by atoms with Crippen LogP contribution in [-0.2, 0) is 0 Å². The number of pyridine rings is 1. The highest BCUT2D eigenvalue weighted by molar-refractivity contribution is 5.94. The highest BCUT2D eigenvalue weighted by Gasteiger charge is 2.39. The van der Waals surface area contributed by atoms with Crippen LogP contribution >= 0.6 is 0 Å². The van der Waals surface area contributed by atoms with Crippen LogP contribution in [0.15, 0.2) is 24.5 Å². The Labute approximate surface area is 94.7 Å². The third-order valence-electron chi connectivity index (χ3n) is 3.52. The number of piperazine rings is 1. The van der Waals surface area contributed by atoms with E-state index in [-0.39, 0.29) is 5.91 Å². The number of nitrogens with one attached hydrogen (secondary N) is 1. The lowest BCUT2D eigenvalue weighted by atomic mass is 10.1. The zero-order valence-electron chi connectivity index (χ0n) is 9.10. The van der Waals surface area contributed by atoms with Crippen molar-refractivity contribution in [3.63, 3.8) is 0 Å². The van der Waals surface area contributed by atoms with Gasteiger partial charge in [-0.3, -0.25) is 9.78 Å². The lowest BCUT2D eigenvalue weighted by Gasteiger charge is -2.35. The molecule has 0 saturated carbocycles. The highest BCUT2D eigenvalue weighted by atomic mass is 16.2. The second-order valence-corrected chi connectivity index (χ2v) is 4.50. The highest BCUT2D eigenvalue weighted by Crippen LogP contribution is 2.27. The largest absolute Gasteiger partial charge is 0.330 e. The van der Waals surface area contributed by atoms with E-state index in [2.05, 4.69) is 10.3 Å². The number of aromatic nitrogens is 1. The summed E-state index contributed by atoms with van der Waals surface area (Å²) < 4.78 is 0. The van der Waals surface area contributed by atoms with Crippen LogP contribution < -0.4 is 5.32 Å². The van der Waals surface area contributed by atoms with Crippen molar-refractivity contribution in [3.05, 3.63) is 30.1 Å². The summed E-state index contributed by atoms with van der Waals surface area (Å²) in [6.45, 7) is 1.87. The minimum absolute atomic E-state index is 0.141. The van der Waals surface area contributed by atoms with Crippen LogP contribution in [-0.4, -0.2) is 41.0 Å². The average Bonchev–Trinajstić information content (AvgIpc) is 2.59. The summed E-state index contributed by atoms with van der Waals surface area (Å²) in [7, 11) is 0. The lowest BCUT2D eigenvalue weighted by Crippen LogP contribution is -2.54. The SMILES string of the molecule is O=C(c1cccnc1)N1C2CCC1CNC2. The molecular formula is C12H15N3O. The Morgan fingerprint density at radius 2 is 2.12 bits per heavy atom. The Balaban J connectivity index is 1.86. The molecule has 2 bridgehead atoms. The van der Waals surface area contributed by atoms with E-state index < -0.39 is 0 Å². The van der Waals surface area contributed by atoms with Gasteiger partial charge in [-0.05, 0) is 25.0 Å². The van der Waals surface area contributed by atoms with E-state index >= 15 is 0 Å². The summed E-state index contributed by atoms with van der Waals surface area (Å²) in [5.41, 5.74) is 0.710. The molecule has 2 aliphatic heterocycles. The summed E-state index contributed by atoms with van der Waals surface area (Å²) in [5, 5.41) is 3.37. The van der Waals surface area contributed by atoms with Crippen molar-refractivity contribution in [2.45, 2.75) is 24.9 Å². The Hall–Kier alpha value is -1.42. The van der Waals surface area contributed by atoms with Crippen LogP contribution in [0.25, 0.3) is 0 Å². The van der Waals surface area contributed by atoms with Gasteiger partial charge in [-0.2, -0.15) is 0 Å². The standard InChI is InChI=1S/C12H15N3O/c16-12(9-2-1-5-13-6-9)15-10-3-4-11(15)8-14-7-10/h1-2,5-6,10-11,14H,3-4,7-8H2. The molecule has 0 radical (unpaired) electrons. The van der Waals surface area contributed by atoms with Crippen molar-refractivity contribution in [1.29, 1.82) is 0 Å². The molecule has 4 nitrogen and oxygen atoms in total. The number of amides is 1. The maximum Gasteiger partial charge on any atom is 0.256 e. The molecule has 0 aromatic carbocycles. The molecule has 1 amide bonds. The summed E-state index contributed by atoms with van der Waals surface area (Å²) in [5.74, 6) is 0.141. The normalized spacial score (nSPS) is 28.1. The van der Waals surface area contributed by atoms with Crippen LogP contribution in [0.2, 0.25) is 0 Å². The van der Waals surface area contributed by atoms with Gasteiger partial charge in [-0.15, -0.1) is 0 Å². The van der Waals surface area contributed by atoms with Crippen LogP contribution in [0, 0.1) is 0 Å². The first-order valence-corrected chi connectivity index (χ1v) is 5.79. The van der Waals surface area contributed by atoms with E-state index in [1.807, 2.05) is 17.0 Å². The fourth-order valence-electron chi connectivity index (χ4n) is 2.75. The molecule has 1 aromatic heterocycles. The molecule has 3 rings (SSSR count). The average molecular weight is 217 g/mol. The number of hydrogen-bond acceptors (Lipinski definition) is 3. The van der Waals surface area contributed by atoms with Crippen LogP contribution in [0.1, 0.15) is 23.2 Å². The van der Waals surface area contributed by atoms with Gasteiger partial charge in [0.15, 0.2) is 0 Å². The van der Waals surface area contributed by atoms with Crippen molar-refractivity contribution in [2.24, 2.45) is 0 Å². The molecular weight excluding hydrogens is 202 g/mol. The molecule has 0 aliphatic carbocycles. The Morgan fingerprint density at radius 3 is 2.75 bits per heavy atom. The van der Waals surface area contributed by atoms with Gasteiger partial charge in [-0.25, -0.2) is 0 Å². The Bertz CT molecular complexity index is 377. The maximum atomic E-state index is 12.3. The summed E-state index contributed by atoms with van der Waals surface area (Å²) in [6, 6.07) is 4.42. The molecule has 2 unspecified atom stereocenters. The van der Waals surface area contributed by atoms with Gasteiger partial charge in [0, 0.05) is 37.6 Å². The summed E-state index contributed by atoms with van der Waals surface area (Å²) in [6.07, 6.45) is 5.61. The summed E-state index contributed by atoms with van der Waals surface area (Å²) in [4.78, 5) is 18.4. The van der Waals surface area contributed by atoms with Crippen LogP contribution in [0.4, 0.5) is 0 Å². The van der Waals surface area contributed by atoms with Crippen LogP contribution in [0.5, 0.6) is 0 Å². The molecule has 2 fully saturated rings. The maximum absolute atomic E-state index is 12.3. The quantitative estimate of drug-likeness (QED) is 0.751. The number of hydrogen-bond donors (Lipinski definition) is 1. The van der Waals surface area contributed by atoms with E-state index in [4.69, 9.17) is 0 Å². The van der Waals surface area contributed by atoms with E-state index in [0.29, 0.717) is 17.6 Å². The van der Waals surface area contributed by atoms with Crippen molar-refractivity contribution < 1.29 is 4.79 Å². The van der Waals surface area contributed by atoms with Crippen LogP contribution in [0.3, 0.4) is 0 Å². The first kappa shape index (κ1) is 9.78. The predicted molar refractivity (Wildman–Crippen MR) is 60.1 cm³/mol. The number of carbonyl (C=O) groups is 1. The molecule has 3 heterocycles. The summed E-state index contributed by atoms with van der Waals surface area (Å²) >= 11 is 0.